The first-order valence-electron chi connectivity index (χ1n) is 25.1. The predicted octanol–water partition coefficient (Wildman–Crippen LogP) is 20.3. The second-order valence-corrected chi connectivity index (χ2v) is 20.9. The molecule has 0 saturated carbocycles. The van der Waals surface area contributed by atoms with E-state index in [1.165, 1.54) is 53.6 Å². The number of hydrogen-bond donors (Lipinski definition) is 0. The van der Waals surface area contributed by atoms with E-state index in [0.717, 1.165) is 94.3 Å². The third kappa shape index (κ3) is 6.37. The molecule has 3 heterocycles. The number of para-hydroxylation sites is 2. The minimum absolute atomic E-state index is 0.170. The maximum atomic E-state index is 6.70. The van der Waals surface area contributed by atoms with Gasteiger partial charge in [0.15, 0.2) is 0 Å². The fraction of sp³-hybridized carbons (Fsp3) is 0.0435. The van der Waals surface area contributed by atoms with Crippen LogP contribution in [0, 0.1) is 0 Å². The molecule has 0 bridgehead atoms. The number of nitrogens with zero attached hydrogens (tertiary/aromatic N) is 1. The standard InChI is InChI=1S/C69H45NO2S/c1-69(2)56-22-10-6-17-48(56)49-36-31-45(41-57(49)69)65-52(38-40-62-67(65)55-20-8-12-25-60(55)72-62)51-37-39-61-66(54-19-7-11-24-59(54)71-61)64(51)44-29-34-47(35-30-44)70(46-32-27-43(28-33-46)42-15-4-3-5-16-42)58-23-14-21-53-50-18-9-13-26-63(50)73-68(53)58/h3-41H,1-2H3. The lowest BCUT2D eigenvalue weighted by molar-refractivity contribution is 0.660. The van der Waals surface area contributed by atoms with Crippen molar-refractivity contribution >= 4 is 92.4 Å². The Kier molecular flexibility index (Phi) is 9.17. The second kappa shape index (κ2) is 16.0. The van der Waals surface area contributed by atoms with Crippen LogP contribution >= 0.6 is 11.3 Å². The quantitative estimate of drug-likeness (QED) is 0.159. The zero-order valence-electron chi connectivity index (χ0n) is 40.2. The van der Waals surface area contributed by atoms with E-state index in [1.54, 1.807) is 0 Å². The number of thiophene rings is 1. The molecule has 0 saturated heterocycles. The van der Waals surface area contributed by atoms with Gasteiger partial charge in [0.25, 0.3) is 0 Å². The molecule has 73 heavy (non-hydrogen) atoms. The summed E-state index contributed by atoms with van der Waals surface area (Å²) in [6, 6.07) is 86.1. The SMILES string of the molecule is CC1(C)c2ccccc2-c2ccc(-c3c(-c4ccc5oc6ccccc6c5c4-c4ccc(N(c5ccc(-c6ccccc6)cc5)c5cccc6c5sc5ccccc56)cc4)ccc4oc5ccccc5c34)cc21. The van der Waals surface area contributed by atoms with Crippen molar-refractivity contribution in [2.75, 3.05) is 4.90 Å². The minimum Gasteiger partial charge on any atom is -0.456 e. The van der Waals surface area contributed by atoms with Gasteiger partial charge in [0, 0.05) is 64.9 Å². The molecular weight excluding hydrogens is 907 g/mol. The van der Waals surface area contributed by atoms with E-state index < -0.39 is 0 Å². The van der Waals surface area contributed by atoms with Gasteiger partial charge < -0.3 is 13.7 Å². The Balaban J connectivity index is 0.958. The molecule has 11 aromatic carbocycles. The minimum atomic E-state index is -0.170. The molecular formula is C69H45NO2S. The molecule has 0 aliphatic heterocycles. The Morgan fingerprint density at radius 1 is 0.356 bits per heavy atom. The lowest BCUT2D eigenvalue weighted by atomic mass is 9.80. The number of rotatable bonds is 7. The summed E-state index contributed by atoms with van der Waals surface area (Å²) in [4.78, 5) is 2.43. The number of anilines is 3. The molecule has 1 aliphatic carbocycles. The molecule has 0 spiro atoms. The van der Waals surface area contributed by atoms with E-state index >= 15 is 0 Å². The zero-order chi connectivity index (χ0) is 48.4. The van der Waals surface area contributed by atoms with E-state index in [1.807, 2.05) is 11.3 Å². The van der Waals surface area contributed by atoms with Crippen LogP contribution in [0.15, 0.2) is 245 Å². The normalized spacial score (nSPS) is 12.9. The van der Waals surface area contributed by atoms with E-state index in [-0.39, 0.29) is 5.41 Å². The highest BCUT2D eigenvalue weighted by molar-refractivity contribution is 7.26. The van der Waals surface area contributed by atoms with Crippen LogP contribution in [0.3, 0.4) is 0 Å². The van der Waals surface area contributed by atoms with Gasteiger partial charge in [0.1, 0.15) is 22.3 Å². The van der Waals surface area contributed by atoms with E-state index in [0.29, 0.717) is 0 Å². The van der Waals surface area contributed by atoms with Gasteiger partial charge in [-0.1, -0.05) is 172 Å². The summed E-state index contributed by atoms with van der Waals surface area (Å²) in [5.41, 5.74) is 21.1. The third-order valence-electron chi connectivity index (χ3n) is 15.5. The van der Waals surface area contributed by atoms with Crippen LogP contribution in [0.2, 0.25) is 0 Å². The van der Waals surface area contributed by atoms with Crippen molar-refractivity contribution in [2.45, 2.75) is 19.3 Å². The van der Waals surface area contributed by atoms with Gasteiger partial charge >= 0.3 is 0 Å². The van der Waals surface area contributed by atoms with Crippen molar-refractivity contribution in [3.8, 4) is 55.6 Å². The van der Waals surface area contributed by atoms with Gasteiger partial charge in [-0.3, -0.25) is 0 Å². The predicted molar refractivity (Wildman–Crippen MR) is 308 cm³/mol. The Hall–Kier alpha value is -8.96. The van der Waals surface area contributed by atoms with Crippen LogP contribution in [0.1, 0.15) is 25.0 Å². The van der Waals surface area contributed by atoms with Gasteiger partial charge in [-0.05, 0) is 134 Å². The molecule has 3 aromatic heterocycles. The van der Waals surface area contributed by atoms with Crippen LogP contribution in [0.4, 0.5) is 17.1 Å². The monoisotopic (exact) mass is 951 g/mol. The van der Waals surface area contributed by atoms with Crippen LogP contribution in [0.25, 0.3) is 120 Å². The van der Waals surface area contributed by atoms with Gasteiger partial charge in [-0.25, -0.2) is 0 Å². The van der Waals surface area contributed by atoms with Gasteiger partial charge in [0.05, 0.1) is 10.4 Å². The van der Waals surface area contributed by atoms with Crippen molar-refractivity contribution in [3.05, 3.63) is 248 Å². The molecule has 1 aliphatic rings. The highest BCUT2D eigenvalue weighted by atomic mass is 32.1. The van der Waals surface area contributed by atoms with Crippen molar-refractivity contribution in [1.29, 1.82) is 0 Å². The molecule has 0 fully saturated rings. The maximum absolute atomic E-state index is 6.70. The lowest BCUT2D eigenvalue weighted by Crippen LogP contribution is -2.14. The maximum Gasteiger partial charge on any atom is 0.136 e. The average molecular weight is 952 g/mol. The molecule has 0 amide bonds. The molecule has 344 valence electrons. The van der Waals surface area contributed by atoms with E-state index in [2.05, 4.69) is 255 Å². The number of hydrogen-bond acceptors (Lipinski definition) is 4. The molecule has 15 rings (SSSR count). The summed E-state index contributed by atoms with van der Waals surface area (Å²) in [7, 11) is 0. The molecule has 14 aromatic rings. The first-order valence-corrected chi connectivity index (χ1v) is 25.9. The Labute approximate surface area is 426 Å². The van der Waals surface area contributed by atoms with Gasteiger partial charge in [0.2, 0.25) is 0 Å². The number of fused-ring (bicyclic) bond motifs is 12. The highest BCUT2D eigenvalue weighted by Gasteiger charge is 2.36. The number of benzene rings is 11. The lowest BCUT2D eigenvalue weighted by Gasteiger charge is -2.27. The first kappa shape index (κ1) is 41.8. The summed E-state index contributed by atoms with van der Waals surface area (Å²) < 4.78 is 15.9. The van der Waals surface area contributed by atoms with Crippen molar-refractivity contribution in [3.63, 3.8) is 0 Å². The molecule has 0 N–H and O–H groups in total. The average Bonchev–Trinajstić information content (AvgIpc) is 4.20. The van der Waals surface area contributed by atoms with Gasteiger partial charge in [-0.15, -0.1) is 11.3 Å². The summed E-state index contributed by atoms with van der Waals surface area (Å²) in [5, 5.41) is 6.94. The topological polar surface area (TPSA) is 29.5 Å². The second-order valence-electron chi connectivity index (χ2n) is 19.9. The largest absolute Gasteiger partial charge is 0.456 e. The van der Waals surface area contributed by atoms with Gasteiger partial charge in [-0.2, -0.15) is 0 Å². The van der Waals surface area contributed by atoms with Crippen LogP contribution in [-0.2, 0) is 5.41 Å². The van der Waals surface area contributed by atoms with E-state index in [9.17, 15) is 0 Å². The first-order chi connectivity index (χ1) is 36.0. The van der Waals surface area contributed by atoms with Crippen LogP contribution < -0.4 is 4.90 Å². The van der Waals surface area contributed by atoms with Crippen molar-refractivity contribution < 1.29 is 8.83 Å². The number of furan rings is 2. The summed E-state index contributed by atoms with van der Waals surface area (Å²) in [6.45, 7) is 4.72. The fourth-order valence-electron chi connectivity index (χ4n) is 12.1. The van der Waals surface area contributed by atoms with E-state index in [4.69, 9.17) is 8.83 Å². The van der Waals surface area contributed by atoms with Crippen molar-refractivity contribution in [1.82, 2.24) is 0 Å². The smallest absolute Gasteiger partial charge is 0.136 e. The fourth-order valence-corrected chi connectivity index (χ4v) is 13.3. The van der Waals surface area contributed by atoms with Crippen LogP contribution in [0.5, 0.6) is 0 Å². The molecule has 0 atom stereocenters. The third-order valence-corrected chi connectivity index (χ3v) is 16.7. The summed E-state index contributed by atoms with van der Waals surface area (Å²) in [6.07, 6.45) is 0. The summed E-state index contributed by atoms with van der Waals surface area (Å²) in [5.74, 6) is 0. The Bertz CT molecular complexity index is 4520. The molecule has 4 heteroatoms. The Morgan fingerprint density at radius 3 is 1.55 bits per heavy atom. The molecule has 3 nitrogen and oxygen atoms in total. The molecule has 0 radical (unpaired) electrons. The highest BCUT2D eigenvalue weighted by Crippen LogP contribution is 2.54. The molecule has 0 unspecified atom stereocenters. The summed E-state index contributed by atoms with van der Waals surface area (Å²) >= 11 is 1.85. The zero-order valence-corrected chi connectivity index (χ0v) is 41.0. The van der Waals surface area contributed by atoms with Crippen LogP contribution in [-0.4, -0.2) is 0 Å². The Morgan fingerprint density at radius 2 is 0.863 bits per heavy atom. The van der Waals surface area contributed by atoms with Crippen molar-refractivity contribution in [2.24, 2.45) is 0 Å².